The highest BCUT2D eigenvalue weighted by Gasteiger charge is 2.43. The van der Waals surface area contributed by atoms with Crippen molar-refractivity contribution in [1.29, 1.82) is 0 Å². The molecule has 0 spiro atoms. The van der Waals surface area contributed by atoms with E-state index in [1.807, 2.05) is 0 Å². The van der Waals surface area contributed by atoms with Gasteiger partial charge in [0.15, 0.2) is 11.9 Å². The molecule has 0 saturated heterocycles. The molecule has 1 aromatic carbocycles. The van der Waals surface area contributed by atoms with Gasteiger partial charge in [0.25, 0.3) is 0 Å². The lowest BCUT2D eigenvalue weighted by molar-refractivity contribution is -0.386. The maximum Gasteiger partial charge on any atom is 0.416 e. The highest BCUT2D eigenvalue weighted by Crippen LogP contribution is 2.39. The van der Waals surface area contributed by atoms with Crippen molar-refractivity contribution < 1.29 is 33.4 Å². The summed E-state index contributed by atoms with van der Waals surface area (Å²) >= 11 is 0. The van der Waals surface area contributed by atoms with Crippen LogP contribution in [0, 0.1) is 10.1 Å². The van der Waals surface area contributed by atoms with Crippen LogP contribution in [0.1, 0.15) is 11.6 Å². The van der Waals surface area contributed by atoms with E-state index in [1.165, 1.54) is 0 Å². The first-order chi connectivity index (χ1) is 8.55. The molecule has 5 N–H and O–H groups in total. The predicted octanol–water partition coefficient (Wildman–Crippen LogP) is 1.35. The van der Waals surface area contributed by atoms with Crippen molar-refractivity contribution in [2.24, 2.45) is 5.73 Å². The minimum Gasteiger partial charge on any atom is -0.504 e. The number of nitro groups is 1. The van der Waals surface area contributed by atoms with Gasteiger partial charge in [-0.3, -0.25) is 10.1 Å². The predicted molar refractivity (Wildman–Crippen MR) is 62.7 cm³/mol. The van der Waals surface area contributed by atoms with E-state index in [0.29, 0.717) is 12.1 Å². The van der Waals surface area contributed by atoms with Crippen LogP contribution in [0.3, 0.4) is 0 Å². The zero-order valence-electron chi connectivity index (χ0n) is 9.53. The Morgan fingerprint density at radius 1 is 1.30 bits per heavy atom. The number of nitrogens with zero attached hydrogens (tertiary/aromatic N) is 1. The number of phenols is 2. The van der Waals surface area contributed by atoms with Crippen LogP contribution in [0.5, 0.6) is 11.5 Å². The largest absolute Gasteiger partial charge is 0.504 e. The normalized spacial score (nSPS) is 14.2. The van der Waals surface area contributed by atoms with Gasteiger partial charge in [0, 0.05) is 6.07 Å². The maximum atomic E-state index is 12.2. The van der Waals surface area contributed by atoms with Gasteiger partial charge in [0.1, 0.15) is 0 Å². The first-order valence-electron chi connectivity index (χ1n) is 4.76. The van der Waals surface area contributed by atoms with Gasteiger partial charge < -0.3 is 21.1 Å². The van der Waals surface area contributed by atoms with Gasteiger partial charge in [-0.05, 0) is 11.6 Å². The van der Waals surface area contributed by atoms with E-state index >= 15 is 0 Å². The van der Waals surface area contributed by atoms with E-state index in [2.05, 4.69) is 0 Å². The van der Waals surface area contributed by atoms with E-state index in [4.69, 9.17) is 15.9 Å². The van der Waals surface area contributed by atoms with Crippen LogP contribution in [-0.4, -0.2) is 32.5 Å². The zero-order valence-corrected chi connectivity index (χ0v) is 10.4. The molecule has 0 radical (unpaired) electrons. The number of alkyl halides is 3. The third-order valence-electron chi connectivity index (χ3n) is 2.35. The van der Waals surface area contributed by atoms with Crippen LogP contribution >= 0.6 is 12.4 Å². The molecule has 0 aliphatic heterocycles. The number of hydrogen-bond donors (Lipinski definition) is 4. The summed E-state index contributed by atoms with van der Waals surface area (Å²) in [7, 11) is 0. The molecular formula is C9H10ClF3N2O5. The quantitative estimate of drug-likeness (QED) is 0.378. The summed E-state index contributed by atoms with van der Waals surface area (Å²) in [5, 5.41) is 37.8. The van der Waals surface area contributed by atoms with Crippen LogP contribution < -0.4 is 5.73 Å². The Bertz CT molecular complexity index is 511. The van der Waals surface area contributed by atoms with E-state index in [1.54, 1.807) is 0 Å². The summed E-state index contributed by atoms with van der Waals surface area (Å²) in [5.41, 5.74) is 3.58. The number of halogens is 4. The molecule has 0 bridgehead atoms. The molecule has 0 fully saturated rings. The third kappa shape index (κ3) is 3.62. The lowest BCUT2D eigenvalue weighted by Gasteiger charge is -2.21. The maximum absolute atomic E-state index is 12.2. The number of nitrogens with two attached hydrogens (primary N) is 1. The van der Waals surface area contributed by atoms with E-state index < -0.39 is 46.0 Å². The van der Waals surface area contributed by atoms with Crippen molar-refractivity contribution in [1.82, 2.24) is 0 Å². The molecule has 2 atom stereocenters. The minimum atomic E-state index is -5.03. The van der Waals surface area contributed by atoms with E-state index in [9.17, 15) is 28.4 Å². The van der Waals surface area contributed by atoms with Crippen molar-refractivity contribution in [2.45, 2.75) is 18.3 Å². The molecule has 0 aliphatic rings. The lowest BCUT2D eigenvalue weighted by atomic mass is 10.0. The van der Waals surface area contributed by atoms with Gasteiger partial charge in [0.2, 0.25) is 5.75 Å². The molecule has 1 rings (SSSR count). The Morgan fingerprint density at radius 3 is 2.20 bits per heavy atom. The number of nitro benzene ring substituents is 1. The molecule has 20 heavy (non-hydrogen) atoms. The smallest absolute Gasteiger partial charge is 0.416 e. The molecule has 0 saturated carbocycles. The Labute approximate surface area is 116 Å². The summed E-state index contributed by atoms with van der Waals surface area (Å²) in [6, 6.07) is -0.874. The zero-order chi connectivity index (χ0) is 15.0. The molecule has 7 nitrogen and oxygen atoms in total. The molecule has 0 aliphatic carbocycles. The number of benzene rings is 1. The van der Waals surface area contributed by atoms with Gasteiger partial charge in [-0.2, -0.15) is 13.2 Å². The second-order valence-corrected chi connectivity index (χ2v) is 3.68. The summed E-state index contributed by atoms with van der Waals surface area (Å²) in [6.07, 6.45) is -7.99. The topological polar surface area (TPSA) is 130 Å². The van der Waals surface area contributed by atoms with Crippen molar-refractivity contribution in [3.63, 3.8) is 0 Å². The minimum absolute atomic E-state index is 0. The van der Waals surface area contributed by atoms with Crippen LogP contribution in [0.15, 0.2) is 12.1 Å². The fourth-order valence-electron chi connectivity index (χ4n) is 1.34. The lowest BCUT2D eigenvalue weighted by Crippen LogP contribution is -2.38. The van der Waals surface area contributed by atoms with Crippen LogP contribution in [0.25, 0.3) is 0 Å². The van der Waals surface area contributed by atoms with Crippen LogP contribution in [0.2, 0.25) is 0 Å². The SMILES string of the molecule is Cl.N[C@@H](c1cc(O)c(O)c([N+](=O)[O-])c1)[C@H](O)C(F)(F)F. The number of rotatable bonds is 3. The monoisotopic (exact) mass is 318 g/mol. The summed E-state index contributed by atoms with van der Waals surface area (Å²) in [4.78, 5) is 9.42. The fraction of sp³-hybridized carbons (Fsp3) is 0.333. The van der Waals surface area contributed by atoms with E-state index in [0.717, 1.165) is 0 Å². The first kappa shape index (κ1) is 18.2. The number of aliphatic hydroxyl groups is 1. The summed E-state index contributed by atoms with van der Waals surface area (Å²) < 4.78 is 36.7. The van der Waals surface area contributed by atoms with Crippen molar-refractivity contribution >= 4 is 18.1 Å². The Morgan fingerprint density at radius 2 is 1.80 bits per heavy atom. The first-order valence-corrected chi connectivity index (χ1v) is 4.76. The molecule has 11 heteroatoms. The van der Waals surface area contributed by atoms with Gasteiger partial charge in [-0.15, -0.1) is 12.4 Å². The third-order valence-corrected chi connectivity index (χ3v) is 2.35. The number of hydrogen-bond acceptors (Lipinski definition) is 6. The number of aliphatic hydroxyl groups excluding tert-OH is 1. The molecular weight excluding hydrogens is 309 g/mol. The number of phenolic OH excluding ortho intramolecular Hbond substituents is 2. The summed E-state index contributed by atoms with van der Waals surface area (Å²) in [6.45, 7) is 0. The average molecular weight is 319 g/mol. The van der Waals surface area contributed by atoms with Crippen molar-refractivity contribution in [2.75, 3.05) is 0 Å². The van der Waals surface area contributed by atoms with Gasteiger partial charge >= 0.3 is 11.9 Å². The van der Waals surface area contributed by atoms with Crippen molar-refractivity contribution in [3.8, 4) is 11.5 Å². The molecule has 0 amide bonds. The number of aromatic hydroxyl groups is 2. The van der Waals surface area contributed by atoms with Gasteiger partial charge in [0.05, 0.1) is 11.0 Å². The Balaban J connectivity index is 0.00000361. The summed E-state index contributed by atoms with van der Waals surface area (Å²) in [5.74, 6) is -2.10. The van der Waals surface area contributed by atoms with Crippen LogP contribution in [-0.2, 0) is 0 Å². The standard InChI is InChI=1S/C9H9F3N2O5.ClH/c10-9(11,12)8(17)6(13)3-1-4(14(18)19)7(16)5(15)2-3;/h1-2,6,8,15-17H,13H2;1H/t6-,8-;/m0./s1. The van der Waals surface area contributed by atoms with Crippen molar-refractivity contribution in [3.05, 3.63) is 27.8 Å². The molecule has 0 heterocycles. The second-order valence-electron chi connectivity index (χ2n) is 3.68. The van der Waals surface area contributed by atoms with E-state index in [-0.39, 0.29) is 12.4 Å². The fourth-order valence-corrected chi connectivity index (χ4v) is 1.34. The Kier molecular flexibility index (Phi) is 5.57. The average Bonchev–Trinajstić information content (AvgIpc) is 2.28. The second kappa shape index (κ2) is 6.11. The highest BCUT2D eigenvalue weighted by molar-refractivity contribution is 5.85. The van der Waals surface area contributed by atoms with Gasteiger partial charge in [-0.25, -0.2) is 0 Å². The Hall–Kier alpha value is -1.78. The molecule has 114 valence electrons. The highest BCUT2D eigenvalue weighted by atomic mass is 35.5. The molecule has 0 aromatic heterocycles. The van der Waals surface area contributed by atoms with Gasteiger partial charge in [-0.1, -0.05) is 0 Å². The van der Waals surface area contributed by atoms with Crippen LogP contribution in [0.4, 0.5) is 18.9 Å². The molecule has 1 aromatic rings. The molecule has 0 unspecified atom stereocenters.